The van der Waals surface area contributed by atoms with Crippen molar-refractivity contribution in [3.05, 3.63) is 44.1 Å². The molecular formula is C16H16BrNO3S. The van der Waals surface area contributed by atoms with Crippen molar-refractivity contribution in [3.63, 3.8) is 0 Å². The summed E-state index contributed by atoms with van der Waals surface area (Å²) in [5, 5.41) is 2.09. The highest BCUT2D eigenvalue weighted by atomic mass is 79.9. The third-order valence-corrected chi connectivity index (χ3v) is 5.59. The smallest absolute Gasteiger partial charge is 0.254 e. The zero-order valence-electron chi connectivity index (χ0n) is 12.4. The minimum absolute atomic E-state index is 0.000880. The summed E-state index contributed by atoms with van der Waals surface area (Å²) in [5.41, 5.74) is 1.83. The first-order valence-electron chi connectivity index (χ1n) is 6.90. The largest absolute Gasteiger partial charge is 0.495 e. The molecule has 0 fully saturated rings. The molecule has 1 aromatic heterocycles. The molecule has 1 aliphatic heterocycles. The van der Waals surface area contributed by atoms with Gasteiger partial charge in [-0.3, -0.25) is 4.79 Å². The molecule has 4 nitrogen and oxygen atoms in total. The van der Waals surface area contributed by atoms with Gasteiger partial charge in [-0.05, 0) is 51.5 Å². The number of amides is 1. The number of carbonyl (C=O) groups is 1. The molecule has 116 valence electrons. The summed E-state index contributed by atoms with van der Waals surface area (Å²) in [7, 11) is 3.15. The summed E-state index contributed by atoms with van der Waals surface area (Å²) in [6.45, 7) is 1.41. The van der Waals surface area contributed by atoms with Gasteiger partial charge in [0.15, 0.2) is 0 Å². The molecule has 1 aliphatic rings. The normalized spacial score (nSPS) is 13.7. The molecule has 0 saturated carbocycles. The molecule has 0 saturated heterocycles. The Hall–Kier alpha value is -1.53. The SMILES string of the molecule is COc1cc(C(=O)N2CCc3sccc3C2)cc(OC)c1Br. The van der Waals surface area contributed by atoms with Gasteiger partial charge in [-0.25, -0.2) is 0 Å². The lowest BCUT2D eigenvalue weighted by Crippen LogP contribution is -2.35. The zero-order valence-corrected chi connectivity index (χ0v) is 14.8. The van der Waals surface area contributed by atoms with Crippen LogP contribution in [-0.2, 0) is 13.0 Å². The van der Waals surface area contributed by atoms with Crippen LogP contribution in [-0.4, -0.2) is 31.6 Å². The van der Waals surface area contributed by atoms with Crippen LogP contribution >= 0.6 is 27.3 Å². The van der Waals surface area contributed by atoms with E-state index < -0.39 is 0 Å². The van der Waals surface area contributed by atoms with E-state index in [0.717, 1.165) is 13.0 Å². The number of halogens is 1. The number of rotatable bonds is 3. The van der Waals surface area contributed by atoms with E-state index in [1.165, 1.54) is 10.4 Å². The van der Waals surface area contributed by atoms with E-state index in [1.807, 2.05) is 4.90 Å². The first kappa shape index (κ1) is 15.4. The van der Waals surface area contributed by atoms with Gasteiger partial charge in [-0.1, -0.05) is 0 Å². The molecule has 0 unspecified atom stereocenters. The predicted molar refractivity (Wildman–Crippen MR) is 90.0 cm³/mol. The first-order chi connectivity index (χ1) is 10.6. The number of thiophene rings is 1. The lowest BCUT2D eigenvalue weighted by atomic mass is 10.1. The maximum Gasteiger partial charge on any atom is 0.254 e. The van der Waals surface area contributed by atoms with E-state index >= 15 is 0 Å². The fourth-order valence-corrected chi connectivity index (χ4v) is 4.04. The molecule has 1 amide bonds. The lowest BCUT2D eigenvalue weighted by molar-refractivity contribution is 0.0735. The summed E-state index contributed by atoms with van der Waals surface area (Å²) in [4.78, 5) is 16.0. The Morgan fingerprint density at radius 3 is 2.59 bits per heavy atom. The summed E-state index contributed by atoms with van der Waals surface area (Å²) in [5.74, 6) is 1.19. The van der Waals surface area contributed by atoms with Crippen molar-refractivity contribution < 1.29 is 14.3 Å². The summed E-state index contributed by atoms with van der Waals surface area (Å²) in [6.07, 6.45) is 0.920. The molecule has 22 heavy (non-hydrogen) atoms. The van der Waals surface area contributed by atoms with Gasteiger partial charge in [0.2, 0.25) is 0 Å². The van der Waals surface area contributed by atoms with Gasteiger partial charge in [0.05, 0.1) is 14.2 Å². The Morgan fingerprint density at radius 2 is 1.95 bits per heavy atom. The van der Waals surface area contributed by atoms with Crippen molar-refractivity contribution in [3.8, 4) is 11.5 Å². The second-order valence-corrected chi connectivity index (χ2v) is 6.83. The highest BCUT2D eigenvalue weighted by Gasteiger charge is 2.24. The summed E-state index contributed by atoms with van der Waals surface area (Å²) in [6, 6.07) is 5.60. The second-order valence-electron chi connectivity index (χ2n) is 5.04. The van der Waals surface area contributed by atoms with Crippen LogP contribution in [0.15, 0.2) is 28.1 Å². The van der Waals surface area contributed by atoms with E-state index in [4.69, 9.17) is 9.47 Å². The summed E-state index contributed by atoms with van der Waals surface area (Å²) >= 11 is 5.19. The van der Waals surface area contributed by atoms with Crippen molar-refractivity contribution in [1.82, 2.24) is 4.90 Å². The molecule has 0 aliphatic carbocycles. The molecule has 0 radical (unpaired) electrons. The van der Waals surface area contributed by atoms with Gasteiger partial charge in [-0.15, -0.1) is 11.3 Å². The first-order valence-corrected chi connectivity index (χ1v) is 8.57. The van der Waals surface area contributed by atoms with Gasteiger partial charge in [0, 0.05) is 23.5 Å². The molecule has 0 bridgehead atoms. The van der Waals surface area contributed by atoms with Crippen molar-refractivity contribution >= 4 is 33.2 Å². The number of nitrogens with zero attached hydrogens (tertiary/aromatic N) is 1. The van der Waals surface area contributed by atoms with E-state index in [9.17, 15) is 4.79 Å². The minimum Gasteiger partial charge on any atom is -0.495 e. The zero-order chi connectivity index (χ0) is 15.7. The number of methoxy groups -OCH3 is 2. The average molecular weight is 382 g/mol. The number of hydrogen-bond acceptors (Lipinski definition) is 4. The molecule has 2 heterocycles. The van der Waals surface area contributed by atoms with Crippen LogP contribution in [0.3, 0.4) is 0 Å². The summed E-state index contributed by atoms with van der Waals surface area (Å²) < 4.78 is 11.3. The number of ether oxygens (including phenoxy) is 2. The van der Waals surface area contributed by atoms with Gasteiger partial charge in [-0.2, -0.15) is 0 Å². The maximum absolute atomic E-state index is 12.8. The van der Waals surface area contributed by atoms with Crippen LogP contribution in [0, 0.1) is 0 Å². The highest BCUT2D eigenvalue weighted by molar-refractivity contribution is 9.10. The predicted octanol–water partition coefficient (Wildman–Crippen LogP) is 3.73. The topological polar surface area (TPSA) is 38.8 Å². The molecular weight excluding hydrogens is 366 g/mol. The van der Waals surface area contributed by atoms with Crippen LogP contribution < -0.4 is 9.47 Å². The standard InChI is InChI=1S/C16H16BrNO3S/c1-20-12-7-11(8-13(21-2)15(12)17)16(19)18-5-3-14-10(9-18)4-6-22-14/h4,6-8H,3,5,9H2,1-2H3. The van der Waals surface area contributed by atoms with Crippen LogP contribution in [0.1, 0.15) is 20.8 Å². The number of fused-ring (bicyclic) bond motifs is 1. The van der Waals surface area contributed by atoms with E-state index in [-0.39, 0.29) is 5.91 Å². The monoisotopic (exact) mass is 381 g/mol. The van der Waals surface area contributed by atoms with Gasteiger partial charge >= 0.3 is 0 Å². The Bertz CT molecular complexity index is 688. The quantitative estimate of drug-likeness (QED) is 0.812. The van der Waals surface area contributed by atoms with Crippen molar-refractivity contribution in [2.24, 2.45) is 0 Å². The number of benzene rings is 1. The van der Waals surface area contributed by atoms with Crippen LogP contribution in [0.4, 0.5) is 0 Å². The number of hydrogen-bond donors (Lipinski definition) is 0. The highest BCUT2D eigenvalue weighted by Crippen LogP contribution is 2.36. The van der Waals surface area contributed by atoms with E-state index in [1.54, 1.807) is 37.7 Å². The molecule has 0 atom stereocenters. The minimum atomic E-state index is 0.000880. The third kappa shape index (κ3) is 2.73. The average Bonchev–Trinajstić information content (AvgIpc) is 3.02. The molecule has 0 N–H and O–H groups in total. The third-order valence-electron chi connectivity index (χ3n) is 3.79. The Balaban J connectivity index is 1.89. The molecule has 2 aromatic rings. The lowest BCUT2D eigenvalue weighted by Gasteiger charge is -2.27. The molecule has 1 aromatic carbocycles. The van der Waals surface area contributed by atoms with Crippen molar-refractivity contribution in [2.75, 3.05) is 20.8 Å². The molecule has 6 heteroatoms. The fraction of sp³-hybridized carbons (Fsp3) is 0.312. The Labute approximate surface area is 141 Å². The van der Waals surface area contributed by atoms with Gasteiger partial charge in [0.25, 0.3) is 5.91 Å². The van der Waals surface area contributed by atoms with Gasteiger partial charge in [0.1, 0.15) is 16.0 Å². The molecule has 3 rings (SSSR count). The Kier molecular flexibility index (Phi) is 4.40. The van der Waals surface area contributed by atoms with E-state index in [0.29, 0.717) is 28.1 Å². The second kappa shape index (κ2) is 6.30. The molecule has 0 spiro atoms. The van der Waals surface area contributed by atoms with Crippen LogP contribution in [0.25, 0.3) is 0 Å². The van der Waals surface area contributed by atoms with Crippen molar-refractivity contribution in [1.29, 1.82) is 0 Å². The van der Waals surface area contributed by atoms with Crippen molar-refractivity contribution in [2.45, 2.75) is 13.0 Å². The van der Waals surface area contributed by atoms with E-state index in [2.05, 4.69) is 27.4 Å². The van der Waals surface area contributed by atoms with Gasteiger partial charge < -0.3 is 14.4 Å². The Morgan fingerprint density at radius 1 is 1.27 bits per heavy atom. The fourth-order valence-electron chi connectivity index (χ4n) is 2.60. The van der Waals surface area contributed by atoms with Crippen LogP contribution in [0.5, 0.6) is 11.5 Å². The number of carbonyl (C=O) groups excluding carboxylic acids is 1. The van der Waals surface area contributed by atoms with Crippen LogP contribution in [0.2, 0.25) is 0 Å². The maximum atomic E-state index is 12.8.